The van der Waals surface area contributed by atoms with E-state index in [1.165, 1.54) is 110 Å². The predicted molar refractivity (Wildman–Crippen MR) is 258 cm³/mol. The summed E-state index contributed by atoms with van der Waals surface area (Å²) in [4.78, 5) is 12.7. The van der Waals surface area contributed by atoms with Crippen LogP contribution in [0.15, 0.2) is 130 Å². The Balaban J connectivity index is 1.76. The Morgan fingerprint density at radius 1 is 0.678 bits per heavy atom. The minimum atomic E-state index is -0.337. The van der Waals surface area contributed by atoms with Crippen LogP contribution in [0, 0.1) is 16.7 Å². The Hall–Kier alpha value is -3.43. The van der Waals surface area contributed by atoms with Crippen molar-refractivity contribution in [2.75, 3.05) is 0 Å². The number of allylic oxidation sites excluding steroid dienone is 20. The van der Waals surface area contributed by atoms with Crippen molar-refractivity contribution >= 4 is 5.97 Å². The molecule has 3 heteroatoms. The molecule has 2 aliphatic rings. The monoisotopic (exact) mass is 807 g/mol. The van der Waals surface area contributed by atoms with Crippen LogP contribution in [0.25, 0.3) is 0 Å². The van der Waals surface area contributed by atoms with Gasteiger partial charge in [0.15, 0.2) is 0 Å². The highest BCUT2D eigenvalue weighted by atomic mass is 16.5. The Kier molecular flexibility index (Phi) is 24.7. The molecule has 0 bridgehead atoms. The van der Waals surface area contributed by atoms with Crippen molar-refractivity contribution in [3.05, 3.63) is 130 Å². The fourth-order valence-corrected chi connectivity index (χ4v) is 8.73. The van der Waals surface area contributed by atoms with Gasteiger partial charge in [0.25, 0.3) is 0 Å². The lowest BCUT2D eigenvalue weighted by Crippen LogP contribution is -2.32. The van der Waals surface area contributed by atoms with E-state index in [2.05, 4.69) is 161 Å². The van der Waals surface area contributed by atoms with Gasteiger partial charge in [-0.1, -0.05) is 236 Å². The summed E-state index contributed by atoms with van der Waals surface area (Å²) in [5, 5.41) is 10.1. The molecule has 0 aromatic rings. The van der Waals surface area contributed by atoms with E-state index < -0.39 is 0 Å². The second-order valence-electron chi connectivity index (χ2n) is 19.2. The fourth-order valence-electron chi connectivity index (χ4n) is 8.73. The van der Waals surface area contributed by atoms with Crippen molar-refractivity contribution in [3.63, 3.8) is 0 Å². The molecular weight excluding hydrogens is 721 g/mol. The Labute approximate surface area is 363 Å². The van der Waals surface area contributed by atoms with E-state index >= 15 is 0 Å². The van der Waals surface area contributed by atoms with E-state index in [0.717, 1.165) is 32.1 Å². The van der Waals surface area contributed by atoms with Crippen molar-refractivity contribution in [1.29, 1.82) is 0 Å². The number of ether oxygens (including phenoxy) is 1. The summed E-state index contributed by atoms with van der Waals surface area (Å²) in [6.07, 6.45) is 51.8. The average molecular weight is 807 g/mol. The van der Waals surface area contributed by atoms with Crippen LogP contribution in [0.4, 0.5) is 0 Å². The number of unbranched alkanes of at least 4 members (excludes halogenated alkanes) is 12. The number of aliphatic hydroxyl groups excluding tert-OH is 1. The van der Waals surface area contributed by atoms with Gasteiger partial charge in [-0.15, -0.1) is 0 Å². The molecule has 328 valence electrons. The van der Waals surface area contributed by atoms with Crippen molar-refractivity contribution in [2.24, 2.45) is 16.7 Å². The minimum absolute atomic E-state index is 0.0243. The second kappa shape index (κ2) is 28.2. The number of rotatable bonds is 25. The van der Waals surface area contributed by atoms with Crippen LogP contribution < -0.4 is 0 Å². The van der Waals surface area contributed by atoms with Gasteiger partial charge in [0.1, 0.15) is 6.10 Å². The largest absolute Gasteiger partial charge is 0.462 e. The number of carbonyl (C=O) groups is 1. The molecule has 59 heavy (non-hydrogen) atoms. The molecule has 0 radical (unpaired) electrons. The van der Waals surface area contributed by atoms with Gasteiger partial charge >= 0.3 is 5.97 Å². The lowest BCUT2D eigenvalue weighted by molar-refractivity contribution is -0.150. The molecule has 0 saturated carbocycles. The first-order valence-electron chi connectivity index (χ1n) is 23.4. The SMILES string of the molecule is CCCCCCCCCCCCCCCC(=O)O[C@@H]1CC(C)=C(/C=C/C(C)=C/C=C/C(C)=C/C=C/C=C(C)/C=C/C=C(C)/C=C/[C@H]2C(C)=C[C@H](O)CC2(C)C)C(C)(C)C1. The third-order valence-electron chi connectivity index (χ3n) is 12.1. The molecule has 0 unspecified atom stereocenters. The van der Waals surface area contributed by atoms with Crippen LogP contribution in [0.3, 0.4) is 0 Å². The second-order valence-corrected chi connectivity index (χ2v) is 19.2. The number of carbonyl (C=O) groups excluding carboxylic acids is 1. The fraction of sp³-hybridized carbons (Fsp3) is 0.589. The van der Waals surface area contributed by atoms with Crippen molar-refractivity contribution in [2.45, 2.75) is 198 Å². The first-order chi connectivity index (χ1) is 28.0. The maximum atomic E-state index is 12.7. The molecule has 0 fully saturated rings. The van der Waals surface area contributed by atoms with Gasteiger partial charge in [0.2, 0.25) is 0 Å². The number of hydrogen-bond donors (Lipinski definition) is 1. The van der Waals surface area contributed by atoms with E-state index in [9.17, 15) is 9.90 Å². The van der Waals surface area contributed by atoms with E-state index in [-0.39, 0.29) is 29.0 Å². The summed E-state index contributed by atoms with van der Waals surface area (Å²) in [6.45, 7) is 24.1. The maximum Gasteiger partial charge on any atom is 0.306 e. The van der Waals surface area contributed by atoms with Crippen LogP contribution in [0.5, 0.6) is 0 Å². The molecule has 0 spiro atoms. The summed E-state index contributed by atoms with van der Waals surface area (Å²) in [5.74, 6) is 0.316. The van der Waals surface area contributed by atoms with Crippen molar-refractivity contribution in [3.8, 4) is 0 Å². The van der Waals surface area contributed by atoms with Gasteiger partial charge in [-0.3, -0.25) is 4.79 Å². The number of aliphatic hydroxyl groups is 1. The van der Waals surface area contributed by atoms with Crippen molar-refractivity contribution < 1.29 is 14.6 Å². The third-order valence-corrected chi connectivity index (χ3v) is 12.1. The third kappa shape index (κ3) is 22.1. The maximum absolute atomic E-state index is 12.7. The van der Waals surface area contributed by atoms with Crippen LogP contribution in [-0.4, -0.2) is 23.3 Å². The molecule has 2 rings (SSSR count). The molecule has 2 aliphatic carbocycles. The van der Waals surface area contributed by atoms with Crippen LogP contribution in [0.1, 0.15) is 185 Å². The van der Waals surface area contributed by atoms with Crippen LogP contribution >= 0.6 is 0 Å². The Bertz CT molecular complexity index is 1620. The standard InChI is InChI=1S/C56H86O3/c1-12-13-14-15-16-17-18-19-20-21-22-23-24-35-54(58)59-51-41-49(7)53(56(10,11)43-51)39-37-47(5)34-28-32-45(3)30-26-25-29-44(2)31-27-33-46(4)36-38-52-48(6)40-50(57)42-55(52,8)9/h25-34,36-40,50-52,57H,12-24,35,41-43H2,1-11H3/b26-25+,31-27+,32-28+,38-36+,39-37+,44-29+,45-30+,46-33+,47-34+/t50-,51+,52-/m0/s1. The molecular formula is C56H86O3. The molecule has 0 saturated heterocycles. The summed E-state index contributed by atoms with van der Waals surface area (Å²) in [6, 6.07) is 0. The molecule has 1 N–H and O–H groups in total. The molecule has 0 amide bonds. The summed E-state index contributed by atoms with van der Waals surface area (Å²) in [7, 11) is 0. The van der Waals surface area contributed by atoms with Gasteiger partial charge in [-0.25, -0.2) is 0 Å². The highest BCUT2D eigenvalue weighted by molar-refractivity contribution is 5.69. The van der Waals surface area contributed by atoms with E-state index in [1.807, 2.05) is 6.08 Å². The van der Waals surface area contributed by atoms with Gasteiger partial charge in [0, 0.05) is 18.8 Å². The zero-order chi connectivity index (χ0) is 43.7. The molecule has 0 aliphatic heterocycles. The quantitative estimate of drug-likeness (QED) is 0.0433. The first kappa shape index (κ1) is 51.7. The van der Waals surface area contributed by atoms with Gasteiger partial charge in [-0.2, -0.15) is 0 Å². The highest BCUT2D eigenvalue weighted by Crippen LogP contribution is 2.43. The van der Waals surface area contributed by atoms with E-state index in [0.29, 0.717) is 12.3 Å². The zero-order valence-corrected chi connectivity index (χ0v) is 39.7. The average Bonchev–Trinajstić information content (AvgIpc) is 3.13. The Morgan fingerprint density at radius 3 is 1.66 bits per heavy atom. The highest BCUT2D eigenvalue weighted by Gasteiger charge is 2.35. The summed E-state index contributed by atoms with van der Waals surface area (Å²) >= 11 is 0. The topological polar surface area (TPSA) is 46.5 Å². The van der Waals surface area contributed by atoms with Crippen LogP contribution in [-0.2, 0) is 9.53 Å². The van der Waals surface area contributed by atoms with Crippen LogP contribution in [0.2, 0.25) is 0 Å². The molecule has 3 nitrogen and oxygen atoms in total. The molecule has 0 aromatic carbocycles. The minimum Gasteiger partial charge on any atom is -0.462 e. The molecule has 3 atom stereocenters. The Morgan fingerprint density at radius 2 is 1.15 bits per heavy atom. The van der Waals surface area contributed by atoms with Gasteiger partial charge in [-0.05, 0) is 77.2 Å². The number of hydrogen-bond acceptors (Lipinski definition) is 3. The van der Waals surface area contributed by atoms with Gasteiger partial charge in [0.05, 0.1) is 6.10 Å². The van der Waals surface area contributed by atoms with E-state index in [1.54, 1.807) is 0 Å². The lowest BCUT2D eigenvalue weighted by atomic mass is 9.67. The smallest absolute Gasteiger partial charge is 0.306 e. The van der Waals surface area contributed by atoms with E-state index in [4.69, 9.17) is 4.74 Å². The molecule has 0 aromatic heterocycles. The lowest BCUT2D eigenvalue weighted by Gasteiger charge is -2.38. The summed E-state index contributed by atoms with van der Waals surface area (Å²) < 4.78 is 6.01. The first-order valence-corrected chi connectivity index (χ1v) is 23.4. The zero-order valence-electron chi connectivity index (χ0n) is 39.7. The normalized spacial score (nSPS) is 22.2. The molecule has 0 heterocycles. The van der Waals surface area contributed by atoms with Gasteiger partial charge < -0.3 is 9.84 Å². The predicted octanol–water partition coefficient (Wildman–Crippen LogP) is 16.4. The van der Waals surface area contributed by atoms with Crippen molar-refractivity contribution in [1.82, 2.24) is 0 Å². The summed E-state index contributed by atoms with van der Waals surface area (Å²) in [5.41, 5.74) is 8.69. The number of esters is 1.